The summed E-state index contributed by atoms with van der Waals surface area (Å²) in [6.07, 6.45) is -5.84. The number of hydrogen-bond acceptors (Lipinski definition) is 6. The molecule has 0 spiro atoms. The number of urea groups is 1. The number of halogens is 3. The van der Waals surface area contributed by atoms with Crippen LogP contribution in [0.1, 0.15) is 42.0 Å². The number of rotatable bonds is 13. The minimum absolute atomic E-state index is 0.00160. The Morgan fingerprint density at radius 3 is 2.09 bits per heavy atom. The van der Waals surface area contributed by atoms with Gasteiger partial charge in [0.15, 0.2) is 0 Å². The summed E-state index contributed by atoms with van der Waals surface area (Å²) in [4.78, 5) is 60.1. The molecule has 0 aliphatic rings. The van der Waals surface area contributed by atoms with Crippen LogP contribution in [-0.4, -0.2) is 49.0 Å². The zero-order chi connectivity index (χ0) is 32.8. The van der Waals surface area contributed by atoms with Crippen molar-refractivity contribution in [2.45, 2.75) is 44.9 Å². The molecule has 1 unspecified atom stereocenters. The summed E-state index contributed by atoms with van der Waals surface area (Å²) in [5, 5.41) is 10.3. The van der Waals surface area contributed by atoms with Crippen LogP contribution >= 0.6 is 0 Å². The van der Waals surface area contributed by atoms with Crippen LogP contribution in [0.3, 0.4) is 0 Å². The van der Waals surface area contributed by atoms with Gasteiger partial charge in [-0.05, 0) is 41.2 Å². The lowest BCUT2D eigenvalue weighted by Crippen LogP contribution is -2.40. The highest BCUT2D eigenvalue weighted by Crippen LogP contribution is 2.24. The minimum Gasteiger partial charge on any atom is -0.386 e. The average molecular weight is 627 g/mol. The third-order valence-electron chi connectivity index (χ3n) is 6.58. The lowest BCUT2D eigenvalue weighted by Gasteiger charge is -2.19. The first-order valence-corrected chi connectivity index (χ1v) is 14.0. The maximum atomic E-state index is 12.6. The van der Waals surface area contributed by atoms with Gasteiger partial charge in [-0.2, -0.15) is 13.2 Å². The fourth-order valence-electron chi connectivity index (χ4n) is 4.17. The summed E-state index contributed by atoms with van der Waals surface area (Å²) >= 11 is 0. The van der Waals surface area contributed by atoms with E-state index < -0.39 is 55.0 Å². The van der Waals surface area contributed by atoms with Gasteiger partial charge in [0.05, 0.1) is 19.0 Å². The van der Waals surface area contributed by atoms with Gasteiger partial charge in [0.2, 0.25) is 11.8 Å². The first-order chi connectivity index (χ1) is 21.4. The molecule has 0 aliphatic heterocycles. The normalized spacial score (nSPS) is 11.6. The SMILES string of the molecule is Cc1ccccc1CNC(=O)NCCCC(=O)NCC(=O)NC(CC(=O)OC(=O)C(F)(F)F)c1ccc(-c2ccccc2)cc1. The minimum atomic E-state index is -5.36. The molecule has 3 rings (SSSR count). The molecule has 0 aromatic heterocycles. The third kappa shape index (κ3) is 11.8. The molecule has 4 N–H and O–H groups in total. The van der Waals surface area contributed by atoms with E-state index in [2.05, 4.69) is 26.0 Å². The Hall–Kier alpha value is -5.20. The number of nitrogens with one attached hydrogen (secondary N) is 4. The molecule has 0 aliphatic carbocycles. The zero-order valence-electron chi connectivity index (χ0n) is 24.4. The second kappa shape index (κ2) is 16.6. The largest absolute Gasteiger partial charge is 0.491 e. The average Bonchev–Trinajstić information content (AvgIpc) is 3.01. The van der Waals surface area contributed by atoms with Crippen LogP contribution < -0.4 is 21.3 Å². The molecule has 238 valence electrons. The van der Waals surface area contributed by atoms with Crippen molar-refractivity contribution < 1.29 is 41.9 Å². The van der Waals surface area contributed by atoms with Gasteiger partial charge in [0.1, 0.15) is 0 Å². The number of hydrogen-bond donors (Lipinski definition) is 4. The maximum Gasteiger partial charge on any atom is 0.491 e. The van der Waals surface area contributed by atoms with Crippen LogP contribution in [-0.2, 0) is 30.5 Å². The standard InChI is InChI=1S/C32H33F3N4O6/c1-21-8-5-6-11-25(21)19-38-31(44)36-17-7-12-27(40)37-20-28(41)39-26(18-29(42)45-30(43)32(33,34)35)24-15-13-23(14-16-24)22-9-3-2-4-10-22/h2-6,8-11,13-16,26H,7,12,17-20H2,1H3,(H,37,40)(H,39,41)(H2,36,38,44). The number of carbonyl (C=O) groups is 5. The summed E-state index contributed by atoms with van der Waals surface area (Å²) in [6, 6.07) is 21.9. The molecule has 0 fully saturated rings. The molecule has 0 saturated heterocycles. The topological polar surface area (TPSA) is 143 Å². The molecule has 4 amide bonds. The molecule has 0 radical (unpaired) electrons. The molecular weight excluding hydrogens is 593 g/mol. The van der Waals surface area contributed by atoms with Crippen molar-refractivity contribution in [3.8, 4) is 11.1 Å². The number of esters is 2. The molecule has 10 nitrogen and oxygen atoms in total. The number of aryl methyl sites for hydroxylation is 1. The Morgan fingerprint density at radius 1 is 0.778 bits per heavy atom. The van der Waals surface area contributed by atoms with E-state index in [1.54, 1.807) is 24.3 Å². The monoisotopic (exact) mass is 626 g/mol. The van der Waals surface area contributed by atoms with E-state index in [-0.39, 0.29) is 13.0 Å². The van der Waals surface area contributed by atoms with Crippen molar-refractivity contribution in [2.75, 3.05) is 13.1 Å². The molecular formula is C32H33F3N4O6. The number of carbonyl (C=O) groups excluding carboxylic acids is 5. The van der Waals surface area contributed by atoms with Crippen LogP contribution in [0, 0.1) is 6.92 Å². The number of alkyl halides is 3. The predicted molar refractivity (Wildman–Crippen MR) is 158 cm³/mol. The van der Waals surface area contributed by atoms with E-state index in [4.69, 9.17) is 0 Å². The van der Waals surface area contributed by atoms with E-state index >= 15 is 0 Å². The van der Waals surface area contributed by atoms with E-state index in [1.165, 1.54) is 0 Å². The Morgan fingerprint density at radius 2 is 1.42 bits per heavy atom. The fraction of sp³-hybridized carbons (Fsp3) is 0.281. The van der Waals surface area contributed by atoms with E-state index in [1.807, 2.05) is 61.5 Å². The van der Waals surface area contributed by atoms with Crippen molar-refractivity contribution in [1.82, 2.24) is 21.3 Å². The lowest BCUT2D eigenvalue weighted by molar-refractivity contribution is -0.202. The van der Waals surface area contributed by atoms with Gasteiger partial charge in [-0.15, -0.1) is 0 Å². The Bertz CT molecular complexity index is 1480. The predicted octanol–water partition coefficient (Wildman–Crippen LogP) is 4.24. The van der Waals surface area contributed by atoms with Crippen LogP contribution in [0.2, 0.25) is 0 Å². The van der Waals surface area contributed by atoms with Crippen LogP contribution in [0.5, 0.6) is 0 Å². The highest BCUT2D eigenvalue weighted by Gasteiger charge is 2.42. The van der Waals surface area contributed by atoms with Crippen molar-refractivity contribution in [3.63, 3.8) is 0 Å². The van der Waals surface area contributed by atoms with Gasteiger partial charge in [-0.1, -0.05) is 78.9 Å². The van der Waals surface area contributed by atoms with Crippen molar-refractivity contribution in [1.29, 1.82) is 0 Å². The van der Waals surface area contributed by atoms with E-state index in [9.17, 15) is 37.1 Å². The molecule has 45 heavy (non-hydrogen) atoms. The van der Waals surface area contributed by atoms with E-state index in [0.29, 0.717) is 18.5 Å². The molecule has 1 atom stereocenters. The Labute approximate surface area is 257 Å². The van der Waals surface area contributed by atoms with Crippen LogP contribution in [0.4, 0.5) is 18.0 Å². The Balaban J connectivity index is 1.48. The van der Waals surface area contributed by atoms with Gasteiger partial charge in [0.25, 0.3) is 0 Å². The summed E-state index contributed by atoms with van der Waals surface area (Å²) < 4.78 is 41.6. The van der Waals surface area contributed by atoms with Gasteiger partial charge >= 0.3 is 24.1 Å². The zero-order valence-corrected chi connectivity index (χ0v) is 24.4. The van der Waals surface area contributed by atoms with Crippen molar-refractivity contribution >= 4 is 29.8 Å². The highest BCUT2D eigenvalue weighted by molar-refractivity contribution is 5.89. The number of ether oxygens (including phenoxy) is 1. The van der Waals surface area contributed by atoms with Crippen molar-refractivity contribution in [3.05, 3.63) is 95.6 Å². The maximum absolute atomic E-state index is 12.6. The van der Waals surface area contributed by atoms with Gasteiger partial charge in [-0.25, -0.2) is 9.59 Å². The molecule has 0 saturated carbocycles. The van der Waals surface area contributed by atoms with Crippen LogP contribution in [0.25, 0.3) is 11.1 Å². The highest BCUT2D eigenvalue weighted by atomic mass is 19.4. The first kappa shape index (κ1) is 34.3. The summed E-state index contributed by atoms with van der Waals surface area (Å²) in [5.74, 6) is -5.37. The third-order valence-corrected chi connectivity index (χ3v) is 6.58. The molecule has 0 bridgehead atoms. The lowest BCUT2D eigenvalue weighted by atomic mass is 9.99. The molecule has 0 heterocycles. The van der Waals surface area contributed by atoms with E-state index in [0.717, 1.165) is 22.3 Å². The molecule has 3 aromatic rings. The number of benzene rings is 3. The smallest absolute Gasteiger partial charge is 0.386 e. The number of amides is 4. The summed E-state index contributed by atoms with van der Waals surface area (Å²) in [7, 11) is 0. The second-order valence-corrected chi connectivity index (χ2v) is 9.99. The van der Waals surface area contributed by atoms with Crippen LogP contribution in [0.15, 0.2) is 78.9 Å². The van der Waals surface area contributed by atoms with Crippen molar-refractivity contribution in [2.24, 2.45) is 0 Å². The fourth-order valence-corrected chi connectivity index (χ4v) is 4.17. The second-order valence-electron chi connectivity index (χ2n) is 9.99. The Kier molecular flexibility index (Phi) is 12.6. The summed E-state index contributed by atoms with van der Waals surface area (Å²) in [6.45, 7) is 2.01. The van der Waals surface area contributed by atoms with Gasteiger partial charge in [0, 0.05) is 19.5 Å². The molecule has 3 aromatic carbocycles. The first-order valence-electron chi connectivity index (χ1n) is 14.0. The van der Waals surface area contributed by atoms with Gasteiger partial charge < -0.3 is 26.0 Å². The quantitative estimate of drug-likeness (QED) is 0.127. The molecule has 13 heteroatoms. The summed E-state index contributed by atoms with van der Waals surface area (Å²) in [5.41, 5.74) is 4.08. The van der Waals surface area contributed by atoms with Gasteiger partial charge in [-0.3, -0.25) is 14.4 Å².